The van der Waals surface area contributed by atoms with Gasteiger partial charge in [0.2, 0.25) is 15.9 Å². The summed E-state index contributed by atoms with van der Waals surface area (Å²) in [6.07, 6.45) is 3.17. The quantitative estimate of drug-likeness (QED) is 0.614. The lowest BCUT2D eigenvalue weighted by molar-refractivity contribution is -0.126. The molecule has 0 saturated carbocycles. The molecule has 0 aliphatic carbocycles. The first-order valence-electron chi connectivity index (χ1n) is 10.4. The molecule has 1 amide bonds. The Hall–Kier alpha value is -2.71. The van der Waals surface area contributed by atoms with Crippen molar-refractivity contribution in [2.75, 3.05) is 44.2 Å². The van der Waals surface area contributed by atoms with Gasteiger partial charge in [-0.15, -0.1) is 0 Å². The predicted octanol–water partition coefficient (Wildman–Crippen LogP) is 3.22. The van der Waals surface area contributed by atoms with Gasteiger partial charge in [-0.05, 0) is 35.9 Å². The first kappa shape index (κ1) is 23.0. The first-order valence-corrected chi connectivity index (χ1v) is 11.9. The maximum absolute atomic E-state index is 14.0. The van der Waals surface area contributed by atoms with Crippen molar-refractivity contribution in [2.24, 2.45) is 0 Å². The zero-order chi connectivity index (χ0) is 22.4. The van der Waals surface area contributed by atoms with Crippen LogP contribution in [-0.2, 0) is 14.8 Å². The van der Waals surface area contributed by atoms with Crippen molar-refractivity contribution in [3.8, 4) is 0 Å². The standard InChI is InChI=1S/C23H28FN3O3S/c1-3-27(4-2)31(29,30)20-12-9-19(10-13-20)11-14-23(28)26-17-15-25(16-18-26)22-8-6-5-7-21(22)24/h5-14H,3-4,15-18H2,1-2H3. The number of anilines is 1. The third-order valence-electron chi connectivity index (χ3n) is 5.43. The van der Waals surface area contributed by atoms with E-state index >= 15 is 0 Å². The molecular weight excluding hydrogens is 417 g/mol. The van der Waals surface area contributed by atoms with Crippen LogP contribution in [0.15, 0.2) is 59.5 Å². The van der Waals surface area contributed by atoms with Crippen molar-refractivity contribution < 1.29 is 17.6 Å². The second kappa shape index (κ2) is 10.1. The number of carbonyl (C=O) groups is 1. The van der Waals surface area contributed by atoms with E-state index in [0.717, 1.165) is 5.56 Å². The molecule has 0 atom stereocenters. The van der Waals surface area contributed by atoms with Gasteiger partial charge in [-0.2, -0.15) is 4.31 Å². The largest absolute Gasteiger partial charge is 0.366 e. The van der Waals surface area contributed by atoms with Gasteiger partial charge < -0.3 is 9.80 Å². The van der Waals surface area contributed by atoms with Crippen LogP contribution in [0.5, 0.6) is 0 Å². The van der Waals surface area contributed by atoms with Gasteiger partial charge in [0.15, 0.2) is 0 Å². The number of amides is 1. The molecule has 6 nitrogen and oxygen atoms in total. The van der Waals surface area contributed by atoms with E-state index in [1.807, 2.05) is 4.90 Å². The molecular formula is C23H28FN3O3S. The van der Waals surface area contributed by atoms with Crippen molar-refractivity contribution in [2.45, 2.75) is 18.7 Å². The minimum atomic E-state index is -3.49. The van der Waals surface area contributed by atoms with Crippen molar-refractivity contribution in [3.63, 3.8) is 0 Å². The molecule has 8 heteroatoms. The van der Waals surface area contributed by atoms with Crippen LogP contribution in [0.3, 0.4) is 0 Å². The number of hydrogen-bond donors (Lipinski definition) is 0. The Morgan fingerprint density at radius 1 is 1.00 bits per heavy atom. The molecule has 1 heterocycles. The number of nitrogens with zero attached hydrogens (tertiary/aromatic N) is 3. The lowest BCUT2D eigenvalue weighted by Gasteiger charge is -2.35. The number of halogens is 1. The summed E-state index contributed by atoms with van der Waals surface area (Å²) < 4.78 is 40.5. The lowest BCUT2D eigenvalue weighted by Crippen LogP contribution is -2.48. The molecule has 166 valence electrons. The molecule has 1 saturated heterocycles. The average molecular weight is 446 g/mol. The zero-order valence-corrected chi connectivity index (χ0v) is 18.7. The Kier molecular flexibility index (Phi) is 7.46. The van der Waals surface area contributed by atoms with Crippen LogP contribution in [0.4, 0.5) is 10.1 Å². The molecule has 0 radical (unpaired) electrons. The third kappa shape index (κ3) is 5.32. The Bertz CT molecular complexity index is 1030. The number of benzene rings is 2. The van der Waals surface area contributed by atoms with Crippen LogP contribution in [0, 0.1) is 5.82 Å². The highest BCUT2D eigenvalue weighted by molar-refractivity contribution is 7.89. The first-order chi connectivity index (χ1) is 14.9. The van der Waals surface area contributed by atoms with Crippen molar-refractivity contribution >= 4 is 27.7 Å². The second-order valence-corrected chi connectivity index (χ2v) is 9.19. The van der Waals surface area contributed by atoms with Gasteiger partial charge in [0.1, 0.15) is 5.82 Å². The third-order valence-corrected chi connectivity index (χ3v) is 7.49. The predicted molar refractivity (Wildman–Crippen MR) is 121 cm³/mol. The molecule has 0 N–H and O–H groups in total. The van der Waals surface area contributed by atoms with Gasteiger partial charge in [-0.3, -0.25) is 4.79 Å². The normalized spacial score (nSPS) is 15.1. The number of carbonyl (C=O) groups excluding carboxylic acids is 1. The summed E-state index contributed by atoms with van der Waals surface area (Å²) in [7, 11) is -3.49. The van der Waals surface area contributed by atoms with Crippen molar-refractivity contribution in [1.29, 1.82) is 0 Å². The molecule has 31 heavy (non-hydrogen) atoms. The van der Waals surface area contributed by atoms with Crippen LogP contribution in [0.25, 0.3) is 6.08 Å². The summed E-state index contributed by atoms with van der Waals surface area (Å²) in [5.41, 5.74) is 1.31. The molecule has 1 fully saturated rings. The van der Waals surface area contributed by atoms with E-state index < -0.39 is 10.0 Å². The summed E-state index contributed by atoms with van der Waals surface area (Å²) in [5, 5.41) is 0. The summed E-state index contributed by atoms with van der Waals surface area (Å²) in [6.45, 7) is 6.60. The Morgan fingerprint density at radius 3 is 2.19 bits per heavy atom. The van der Waals surface area contributed by atoms with E-state index in [4.69, 9.17) is 0 Å². The Balaban J connectivity index is 1.59. The minimum Gasteiger partial charge on any atom is -0.366 e. The fourth-order valence-corrected chi connectivity index (χ4v) is 5.07. The second-order valence-electron chi connectivity index (χ2n) is 7.26. The van der Waals surface area contributed by atoms with Gasteiger partial charge in [0.25, 0.3) is 0 Å². The molecule has 3 rings (SSSR count). The molecule has 0 unspecified atom stereocenters. The highest BCUT2D eigenvalue weighted by Crippen LogP contribution is 2.20. The number of sulfonamides is 1. The molecule has 2 aromatic carbocycles. The molecule has 0 spiro atoms. The topological polar surface area (TPSA) is 60.9 Å². The monoisotopic (exact) mass is 445 g/mol. The minimum absolute atomic E-state index is 0.118. The maximum atomic E-state index is 14.0. The van der Waals surface area contributed by atoms with Gasteiger partial charge in [-0.1, -0.05) is 38.1 Å². The van der Waals surface area contributed by atoms with Crippen LogP contribution in [0.1, 0.15) is 19.4 Å². The highest BCUT2D eigenvalue weighted by atomic mass is 32.2. The maximum Gasteiger partial charge on any atom is 0.246 e. The van der Waals surface area contributed by atoms with Gasteiger partial charge in [-0.25, -0.2) is 12.8 Å². The van der Waals surface area contributed by atoms with E-state index in [1.54, 1.807) is 67.3 Å². The molecule has 0 aromatic heterocycles. The number of hydrogen-bond acceptors (Lipinski definition) is 4. The molecule has 0 bridgehead atoms. The highest BCUT2D eigenvalue weighted by Gasteiger charge is 2.22. The summed E-state index contributed by atoms with van der Waals surface area (Å²) in [5.74, 6) is -0.373. The van der Waals surface area contributed by atoms with Crippen LogP contribution < -0.4 is 4.90 Å². The molecule has 1 aliphatic heterocycles. The number of para-hydroxylation sites is 1. The van der Waals surface area contributed by atoms with E-state index in [2.05, 4.69) is 0 Å². The van der Waals surface area contributed by atoms with Crippen LogP contribution in [0.2, 0.25) is 0 Å². The van der Waals surface area contributed by atoms with Crippen LogP contribution >= 0.6 is 0 Å². The fraction of sp³-hybridized carbons (Fsp3) is 0.348. The SMILES string of the molecule is CCN(CC)S(=O)(=O)c1ccc(C=CC(=O)N2CCN(c3ccccc3F)CC2)cc1. The fourth-order valence-electron chi connectivity index (χ4n) is 3.61. The van der Waals surface area contributed by atoms with Crippen molar-refractivity contribution in [1.82, 2.24) is 9.21 Å². The number of rotatable bonds is 7. The molecule has 1 aliphatic rings. The van der Waals surface area contributed by atoms with Crippen molar-refractivity contribution in [3.05, 3.63) is 66.0 Å². The Morgan fingerprint density at radius 2 is 1.61 bits per heavy atom. The van der Waals surface area contributed by atoms with Gasteiger partial charge >= 0.3 is 0 Å². The van der Waals surface area contributed by atoms with E-state index in [-0.39, 0.29) is 16.6 Å². The zero-order valence-electron chi connectivity index (χ0n) is 17.9. The lowest BCUT2D eigenvalue weighted by atomic mass is 10.2. The van der Waals surface area contributed by atoms with E-state index in [9.17, 15) is 17.6 Å². The molecule has 2 aromatic rings. The summed E-state index contributed by atoms with van der Waals surface area (Å²) in [6, 6.07) is 13.2. The number of piperazine rings is 1. The Labute approximate surface area is 183 Å². The average Bonchev–Trinajstić information content (AvgIpc) is 2.79. The van der Waals surface area contributed by atoms with E-state index in [0.29, 0.717) is 45.0 Å². The van der Waals surface area contributed by atoms with Gasteiger partial charge in [0, 0.05) is 45.3 Å². The smallest absolute Gasteiger partial charge is 0.246 e. The summed E-state index contributed by atoms with van der Waals surface area (Å²) in [4.78, 5) is 16.4. The van der Waals surface area contributed by atoms with Crippen LogP contribution in [-0.4, -0.2) is 62.8 Å². The summed E-state index contributed by atoms with van der Waals surface area (Å²) >= 11 is 0. The van der Waals surface area contributed by atoms with E-state index in [1.165, 1.54) is 16.4 Å². The van der Waals surface area contributed by atoms with Gasteiger partial charge in [0.05, 0.1) is 10.6 Å².